The molecule has 17 amide bonds. The summed E-state index contributed by atoms with van der Waals surface area (Å²) in [6, 6.07) is -2.00. The van der Waals surface area contributed by atoms with E-state index in [0.29, 0.717) is 58.7 Å². The summed E-state index contributed by atoms with van der Waals surface area (Å²) in [6.45, 7) is 1.43. The highest BCUT2D eigenvalue weighted by atomic mass is 32.2. The van der Waals surface area contributed by atoms with Crippen molar-refractivity contribution in [3.63, 3.8) is 0 Å². The first-order chi connectivity index (χ1) is 62.5. The molecule has 131 heavy (non-hydrogen) atoms. The number of amides is 17. The van der Waals surface area contributed by atoms with Crippen molar-refractivity contribution in [3.05, 3.63) is 101 Å². The predicted molar refractivity (Wildman–Crippen MR) is 484 cm³/mol. The number of fused-ring (bicyclic) bond motifs is 4. The third-order valence-corrected chi connectivity index (χ3v) is 25.4. The Morgan fingerprint density at radius 1 is 0.504 bits per heavy atom. The highest BCUT2D eigenvalue weighted by molar-refractivity contribution is 8.00. The minimum Gasteiger partial charge on any atom is -0.508 e. The van der Waals surface area contributed by atoms with Crippen molar-refractivity contribution in [1.82, 2.24) is 88.0 Å². The summed E-state index contributed by atoms with van der Waals surface area (Å²) in [5, 5.41) is 81.7. The molecule has 3 aliphatic heterocycles. The van der Waals surface area contributed by atoms with Gasteiger partial charge in [0, 0.05) is 101 Å². The Kier molecular flexibility index (Phi) is 40.1. The summed E-state index contributed by atoms with van der Waals surface area (Å²) in [5.74, 6) is -17.8. The standard InChI is InChI=1S/C87H123N21O21S2/c1-7-9-22-65-79(122)96-56(21-15-33-92-87(90)91)75(118)103-64(74(117)94-43-71(89)114)46-130-47-72(115)95-60(38-49-27-29-52(112)30-28-49)82(125)104(4)48(3)73(116)100-62(41-70(88)113)85(128)108-35-17-24-66(108)80(123)97-57(31-36-109)76(119)98-58(32-37-110)84(127)107-34-16-25-67(107)81(124)99-59(39-50-42-93-55-20-13-11-18-53(50)55)77(120)102-63(44-111)78(121)101-61(40-51-45-131-69-26-14-12-19-54(51)69)83(126)106(6)68(23-10-8-2)86(129)105(65)5/h11-14,18-20,26-30,42,45,48,56-68,93,109-112H,7-10,15-17,21-25,31-41,43-44,46-47H2,1-6H3,(H2,88,113)(H2,89,114)(H,94,117)(H,95,115)(H,96,122)(H,97,123)(H,98,119)(H,99,124)(H,100,116)(H,101,121)(H,102,120)(H,103,118)(H4,90,91,92)/t48-,56-,57-,58-,59-,60-,61-,62-,63-,64?,65-,66-,67-,68-/m0/s1. The fourth-order valence-corrected chi connectivity index (χ4v) is 17.8. The first-order valence-corrected chi connectivity index (χ1v) is 45.8. The van der Waals surface area contributed by atoms with Crippen molar-refractivity contribution in [2.45, 2.75) is 221 Å². The highest BCUT2D eigenvalue weighted by Crippen LogP contribution is 2.30. The van der Waals surface area contributed by atoms with Gasteiger partial charge in [-0.25, -0.2) is 0 Å². The van der Waals surface area contributed by atoms with Crippen LogP contribution in [-0.4, -0.2) is 320 Å². The summed E-state index contributed by atoms with van der Waals surface area (Å²) >= 11 is 2.10. The fraction of sp³-hybridized carbons (Fsp3) is 0.540. The molecule has 3 fully saturated rings. The number of aromatic nitrogens is 1. The number of phenols is 1. The van der Waals surface area contributed by atoms with Crippen LogP contribution in [0.4, 0.5) is 0 Å². The lowest BCUT2D eigenvalue weighted by atomic mass is 10.00. The number of unbranched alkanes of at least 4 members (excludes halogenated alkanes) is 2. The Hall–Kier alpha value is -12.6. The molecule has 0 bridgehead atoms. The number of aliphatic hydroxyl groups is 3. The van der Waals surface area contributed by atoms with Crippen LogP contribution in [0.2, 0.25) is 0 Å². The molecule has 0 spiro atoms. The van der Waals surface area contributed by atoms with E-state index in [-0.39, 0.29) is 96.0 Å². The number of phenolic OH excluding ortho intramolecular Hbond substituents is 1. The second kappa shape index (κ2) is 50.6. The summed E-state index contributed by atoms with van der Waals surface area (Å²) in [5.41, 5.74) is 18.8. The van der Waals surface area contributed by atoms with E-state index in [4.69, 9.17) is 22.6 Å². The maximum absolute atomic E-state index is 15.7. The Morgan fingerprint density at radius 2 is 1.02 bits per heavy atom. The molecule has 3 aliphatic rings. The average Bonchev–Trinajstić information content (AvgIpc) is 1.81. The molecule has 5 heterocycles. The zero-order valence-electron chi connectivity index (χ0n) is 74.3. The Morgan fingerprint density at radius 3 is 1.65 bits per heavy atom. The van der Waals surface area contributed by atoms with Crippen molar-refractivity contribution in [1.29, 1.82) is 5.41 Å². The lowest BCUT2D eigenvalue weighted by molar-refractivity contribution is -0.149. The first-order valence-electron chi connectivity index (χ1n) is 43.8. The molecule has 23 N–H and O–H groups in total. The molecule has 1 unspecified atom stereocenters. The lowest BCUT2D eigenvalue weighted by Crippen LogP contribution is -2.61. The average molecular weight is 1860 g/mol. The minimum absolute atomic E-state index is 0.000465. The second-order valence-corrected chi connectivity index (χ2v) is 34.7. The van der Waals surface area contributed by atoms with E-state index in [0.717, 1.165) is 41.0 Å². The van der Waals surface area contributed by atoms with E-state index in [1.165, 1.54) is 63.7 Å². The van der Waals surface area contributed by atoms with Gasteiger partial charge in [-0.05, 0) is 123 Å². The van der Waals surface area contributed by atoms with Crippen LogP contribution in [0.1, 0.15) is 134 Å². The van der Waals surface area contributed by atoms with Crippen molar-refractivity contribution in [3.8, 4) is 5.75 Å². The van der Waals surface area contributed by atoms with E-state index >= 15 is 28.8 Å². The van der Waals surface area contributed by atoms with Crippen LogP contribution in [-0.2, 0) is 101 Å². The van der Waals surface area contributed by atoms with Gasteiger partial charge in [-0.15, -0.1) is 23.1 Å². The van der Waals surface area contributed by atoms with Gasteiger partial charge in [0.05, 0.1) is 25.3 Å². The van der Waals surface area contributed by atoms with Crippen LogP contribution in [0.15, 0.2) is 84.4 Å². The predicted octanol–water partition coefficient (Wildman–Crippen LogP) is -3.41. The van der Waals surface area contributed by atoms with Crippen LogP contribution in [0.5, 0.6) is 5.75 Å². The fourth-order valence-electron chi connectivity index (χ4n) is 15.9. The van der Waals surface area contributed by atoms with Gasteiger partial charge in [0.25, 0.3) is 0 Å². The monoisotopic (exact) mass is 1860 g/mol. The SMILES string of the molecule is CCCC[C@H]1C(=O)N(C)[C@@H](CCCC)C(=O)N[C@@H](CCCNC(=N)N)C(=O)NC(C(=O)NCC(N)=O)CSCC(=O)N[C@@H](Cc2ccc(O)cc2)C(=O)N(C)[C@@H](C)C(=O)N[C@@H](CC(N)=O)C(=O)N2CCC[C@H]2C(=O)N[C@@H](CCO)C(=O)N[C@@H](CCO)C(=O)N2CCC[C@H]2C(=O)N[C@@H](Cc2c[nH]c3ccccc23)C(=O)N[C@@H](CO)C(=O)N[C@@H](Cc2csc3ccccc23)C(=O)N1C. The molecule has 0 saturated carbocycles. The van der Waals surface area contributed by atoms with Gasteiger partial charge in [-0.1, -0.05) is 88.1 Å². The minimum atomic E-state index is -1.86. The molecule has 3 aromatic carbocycles. The normalized spacial score (nSPS) is 24.5. The van der Waals surface area contributed by atoms with E-state index < -0.39 is 248 Å². The number of carbonyl (C=O) groups excluding carboxylic acids is 17. The smallest absolute Gasteiger partial charge is 0.246 e. The van der Waals surface area contributed by atoms with Crippen LogP contribution >= 0.6 is 23.1 Å². The molecule has 0 aliphatic carbocycles. The van der Waals surface area contributed by atoms with Crippen molar-refractivity contribution < 1.29 is 102 Å². The van der Waals surface area contributed by atoms with Crippen molar-refractivity contribution in [2.75, 3.05) is 78.6 Å². The number of likely N-dealkylation sites (N-methyl/N-ethyl adjacent to an activating group) is 3. The molecule has 8 rings (SSSR count). The number of hydrogen-bond acceptors (Lipinski definition) is 24. The quantitative estimate of drug-likeness (QED) is 0.0146. The number of thiophene rings is 1. The van der Waals surface area contributed by atoms with Crippen molar-refractivity contribution >= 4 is 150 Å². The molecule has 5 aromatic rings. The largest absolute Gasteiger partial charge is 0.508 e. The molecule has 44 heteroatoms. The number of hydrogen-bond donors (Lipinski definition) is 20. The third kappa shape index (κ3) is 29.2. The van der Waals surface area contributed by atoms with Gasteiger partial charge in [0.1, 0.15) is 90.3 Å². The molecule has 714 valence electrons. The second-order valence-electron chi connectivity index (χ2n) is 32.8. The number of carbonyl (C=O) groups is 17. The number of aromatic hydroxyl groups is 1. The third-order valence-electron chi connectivity index (χ3n) is 23.3. The zero-order valence-corrected chi connectivity index (χ0v) is 75.9. The highest BCUT2D eigenvalue weighted by Gasteiger charge is 2.45. The lowest BCUT2D eigenvalue weighted by Gasteiger charge is -2.36. The van der Waals surface area contributed by atoms with Gasteiger partial charge in [-0.3, -0.25) is 86.9 Å². The molecule has 42 nitrogen and oxygen atoms in total. The van der Waals surface area contributed by atoms with Gasteiger partial charge in [0.2, 0.25) is 100 Å². The number of primary amides is 2. The van der Waals surface area contributed by atoms with Gasteiger partial charge < -0.3 is 126 Å². The number of thioether (sulfide) groups is 1. The number of nitrogens with two attached hydrogens (primary N) is 3. The maximum atomic E-state index is 15.7. The van der Waals surface area contributed by atoms with Gasteiger partial charge in [-0.2, -0.15) is 0 Å². The Bertz CT molecular complexity index is 4900. The molecular weight excluding hydrogens is 1740 g/mol. The number of para-hydroxylation sites is 1. The van der Waals surface area contributed by atoms with Gasteiger partial charge in [0.15, 0.2) is 5.96 Å². The summed E-state index contributed by atoms with van der Waals surface area (Å²) in [7, 11) is 3.90. The number of nitrogens with one attached hydrogen (secondary N) is 13. The first kappa shape index (κ1) is 104. The van der Waals surface area contributed by atoms with Crippen LogP contribution < -0.4 is 75.7 Å². The topological polar surface area (TPSA) is 637 Å². The van der Waals surface area contributed by atoms with Crippen molar-refractivity contribution in [2.24, 2.45) is 17.2 Å². The zero-order chi connectivity index (χ0) is 95.9. The van der Waals surface area contributed by atoms with E-state index in [9.17, 15) is 73.2 Å². The van der Waals surface area contributed by atoms with Crippen LogP contribution in [0.3, 0.4) is 0 Å². The Balaban J connectivity index is 1.18. The number of guanidine groups is 1. The summed E-state index contributed by atoms with van der Waals surface area (Å²) in [4.78, 5) is 256. The van der Waals surface area contributed by atoms with E-state index in [1.807, 2.05) is 32.0 Å². The summed E-state index contributed by atoms with van der Waals surface area (Å²) < 4.78 is 0.813. The van der Waals surface area contributed by atoms with Crippen LogP contribution in [0, 0.1) is 5.41 Å². The molecule has 2 aromatic heterocycles. The van der Waals surface area contributed by atoms with E-state index in [1.54, 1.807) is 41.9 Å². The number of aromatic amines is 1. The van der Waals surface area contributed by atoms with Gasteiger partial charge >= 0.3 is 0 Å². The molecular formula is C87H123N21O21S2. The Labute approximate surface area is 765 Å². The van der Waals surface area contributed by atoms with E-state index in [2.05, 4.69) is 63.5 Å². The van der Waals surface area contributed by atoms with Crippen LogP contribution in [0.25, 0.3) is 21.0 Å². The molecule has 14 atom stereocenters. The maximum Gasteiger partial charge on any atom is 0.246 e. The summed E-state index contributed by atoms with van der Waals surface area (Å²) in [6.07, 6.45) is 0.833. The number of benzene rings is 3. The number of nitrogens with zero attached hydrogens (tertiary/aromatic N) is 5. The molecule has 0 radical (unpaired) electrons. The number of aliphatic hydroxyl groups excluding tert-OH is 3. The molecule has 3 saturated heterocycles. The number of rotatable bonds is 26. The number of H-pyrrole nitrogens is 1.